The lowest BCUT2D eigenvalue weighted by Gasteiger charge is -2.25. The van der Waals surface area contributed by atoms with E-state index in [2.05, 4.69) is 225 Å². The zero-order chi connectivity index (χ0) is 37.9. The van der Waals surface area contributed by atoms with Crippen molar-refractivity contribution < 1.29 is 0 Å². The number of rotatable bonds is 6. The predicted molar refractivity (Wildman–Crippen MR) is 245 cm³/mol. The van der Waals surface area contributed by atoms with Gasteiger partial charge in [-0.2, -0.15) is 0 Å². The summed E-state index contributed by atoms with van der Waals surface area (Å²) in [5, 5.41) is 10.1. The van der Waals surface area contributed by atoms with Gasteiger partial charge >= 0.3 is 0 Å². The summed E-state index contributed by atoms with van der Waals surface area (Å²) < 4.78 is 5.02. The summed E-state index contributed by atoms with van der Waals surface area (Å²) in [6.07, 6.45) is 0. The Morgan fingerprint density at radius 1 is 0.224 bits per heavy atom. The molecular weight excluding hydrogens is 705 g/mol. The van der Waals surface area contributed by atoms with Gasteiger partial charge in [0.05, 0.1) is 33.1 Å². The molecule has 4 heteroatoms. The lowest BCUT2D eigenvalue weighted by atomic mass is 10.0. The Kier molecular flexibility index (Phi) is 6.41. The zero-order valence-electron chi connectivity index (χ0n) is 31.4. The summed E-state index contributed by atoms with van der Waals surface area (Å²) in [4.78, 5) is 4.74. The quantitative estimate of drug-likeness (QED) is 0.169. The smallest absolute Gasteiger partial charge is 0.0622 e. The second kappa shape index (κ2) is 11.8. The van der Waals surface area contributed by atoms with Gasteiger partial charge in [-0.15, -0.1) is 0 Å². The highest BCUT2D eigenvalue weighted by Gasteiger charge is 2.25. The second-order valence-electron chi connectivity index (χ2n) is 15.4. The maximum Gasteiger partial charge on any atom is 0.0622 e. The third kappa shape index (κ3) is 4.29. The predicted octanol–water partition coefficient (Wildman–Crippen LogP) is 14.9. The van der Waals surface area contributed by atoms with Crippen LogP contribution >= 0.6 is 0 Å². The Bertz CT molecular complexity index is 3580. The Morgan fingerprint density at radius 3 is 1.19 bits per heavy atom. The molecule has 4 heterocycles. The molecule has 0 spiro atoms. The molecule has 13 rings (SSSR count). The fourth-order valence-electron chi connectivity index (χ4n) is 9.91. The molecule has 4 aromatic heterocycles. The van der Waals surface area contributed by atoms with Crippen molar-refractivity contribution in [3.8, 4) is 0 Å². The lowest BCUT2D eigenvalue weighted by Crippen LogP contribution is -2.09. The molecule has 0 amide bonds. The number of hydrogen-bond acceptors (Lipinski definition) is 2. The van der Waals surface area contributed by atoms with E-state index in [4.69, 9.17) is 0 Å². The van der Waals surface area contributed by atoms with E-state index in [1.807, 2.05) is 0 Å². The molecule has 0 aliphatic rings. The molecular formula is C54H34N4. The van der Waals surface area contributed by atoms with Crippen LogP contribution in [0.4, 0.5) is 34.1 Å². The van der Waals surface area contributed by atoms with Crippen LogP contribution in [0.1, 0.15) is 0 Å². The molecule has 0 aliphatic carbocycles. The maximum absolute atomic E-state index is 2.51. The highest BCUT2D eigenvalue weighted by Crippen LogP contribution is 2.48. The highest BCUT2D eigenvalue weighted by atomic mass is 15.1. The van der Waals surface area contributed by atoms with Gasteiger partial charge in [0.25, 0.3) is 0 Å². The molecule has 0 N–H and O–H groups in total. The average molecular weight is 739 g/mol. The number of nitrogens with zero attached hydrogens (tertiary/aromatic N) is 4. The summed E-state index contributed by atoms with van der Waals surface area (Å²) >= 11 is 0. The van der Waals surface area contributed by atoms with Crippen LogP contribution in [-0.2, 0) is 0 Å². The minimum atomic E-state index is 1.13. The Balaban J connectivity index is 1.10. The van der Waals surface area contributed by atoms with E-state index in [9.17, 15) is 0 Å². The summed E-state index contributed by atoms with van der Waals surface area (Å²) in [5.74, 6) is 0. The third-order valence-electron chi connectivity index (χ3n) is 12.3. The normalized spacial score (nSPS) is 12.1. The SMILES string of the molecule is c1ccc(N(c2ccccc2)c2ccc3c(c2)c2cccc4c5cc6c7cc(N(c8ccccc8)c8ccccc8)cc8c9ccccc9n(c6cc5n3c24)c87)cc1. The third-order valence-corrected chi connectivity index (χ3v) is 12.3. The molecule has 0 fully saturated rings. The Morgan fingerprint density at radius 2 is 0.621 bits per heavy atom. The van der Waals surface area contributed by atoms with Crippen molar-refractivity contribution in [2.24, 2.45) is 0 Å². The van der Waals surface area contributed by atoms with E-state index < -0.39 is 0 Å². The van der Waals surface area contributed by atoms with Crippen molar-refractivity contribution in [3.05, 3.63) is 206 Å². The van der Waals surface area contributed by atoms with E-state index >= 15 is 0 Å². The number of para-hydroxylation sites is 6. The van der Waals surface area contributed by atoms with Crippen LogP contribution in [0, 0.1) is 0 Å². The summed E-state index contributed by atoms with van der Waals surface area (Å²) in [7, 11) is 0. The van der Waals surface area contributed by atoms with Crippen LogP contribution in [0.2, 0.25) is 0 Å². The van der Waals surface area contributed by atoms with Crippen molar-refractivity contribution >= 4 is 110 Å². The van der Waals surface area contributed by atoms with Crippen LogP contribution in [0.25, 0.3) is 76.2 Å². The Labute approximate surface area is 333 Å². The van der Waals surface area contributed by atoms with Gasteiger partial charge in [-0.3, -0.25) is 0 Å². The first-order valence-corrected chi connectivity index (χ1v) is 19.9. The van der Waals surface area contributed by atoms with E-state index in [1.54, 1.807) is 0 Å². The van der Waals surface area contributed by atoms with E-state index in [0.29, 0.717) is 0 Å². The molecule has 0 unspecified atom stereocenters. The first kappa shape index (κ1) is 31.4. The number of benzene rings is 9. The molecule has 0 atom stereocenters. The van der Waals surface area contributed by atoms with Crippen LogP contribution in [0.5, 0.6) is 0 Å². The van der Waals surface area contributed by atoms with Crippen molar-refractivity contribution in [1.82, 2.24) is 8.80 Å². The van der Waals surface area contributed by atoms with Crippen molar-refractivity contribution in [2.45, 2.75) is 0 Å². The molecule has 0 bridgehead atoms. The first-order chi connectivity index (χ1) is 28.8. The van der Waals surface area contributed by atoms with Crippen molar-refractivity contribution in [2.75, 3.05) is 9.80 Å². The molecule has 0 saturated heterocycles. The minimum Gasteiger partial charge on any atom is -0.310 e. The summed E-state index contributed by atoms with van der Waals surface area (Å²) in [5.41, 5.74) is 14.2. The number of aromatic nitrogens is 2. The van der Waals surface area contributed by atoms with Gasteiger partial charge in [0.2, 0.25) is 0 Å². The molecule has 0 aliphatic heterocycles. The average Bonchev–Trinajstić information content (AvgIpc) is 4.01. The topological polar surface area (TPSA) is 15.3 Å². The minimum absolute atomic E-state index is 1.13. The summed E-state index contributed by atoms with van der Waals surface area (Å²) in [6, 6.07) is 75.2. The standard InChI is InChI=1S/C54H34N4/c1-5-16-35(17-6-1)55(36-18-7-2-8-19-36)39-28-29-50-44(30-39)42-25-15-26-43-45-33-46-48-32-40(56(37-20-9-3-10-21-37)38-22-11-4-12-23-38)31-47-41-24-13-14-27-49(41)57(54(47)48)52(46)34-51(45)58(50)53(42)43/h1-34H. The van der Waals surface area contributed by atoms with Crippen LogP contribution < -0.4 is 9.80 Å². The van der Waals surface area contributed by atoms with Crippen LogP contribution in [0.15, 0.2) is 206 Å². The molecule has 58 heavy (non-hydrogen) atoms. The number of fused-ring (bicyclic) bond motifs is 12. The van der Waals surface area contributed by atoms with Gasteiger partial charge < -0.3 is 18.6 Å². The molecule has 0 radical (unpaired) electrons. The van der Waals surface area contributed by atoms with Gasteiger partial charge in [-0.1, -0.05) is 109 Å². The van der Waals surface area contributed by atoms with Gasteiger partial charge in [-0.05, 0) is 97.1 Å². The highest BCUT2D eigenvalue weighted by molar-refractivity contribution is 6.29. The van der Waals surface area contributed by atoms with Crippen LogP contribution in [-0.4, -0.2) is 8.80 Å². The lowest BCUT2D eigenvalue weighted by molar-refractivity contribution is 1.28. The molecule has 4 nitrogen and oxygen atoms in total. The van der Waals surface area contributed by atoms with E-state index in [0.717, 1.165) is 34.1 Å². The van der Waals surface area contributed by atoms with Gasteiger partial charge in [0.15, 0.2) is 0 Å². The maximum atomic E-state index is 2.51. The van der Waals surface area contributed by atoms with Gasteiger partial charge in [-0.25, -0.2) is 0 Å². The van der Waals surface area contributed by atoms with E-state index in [-0.39, 0.29) is 0 Å². The zero-order valence-corrected chi connectivity index (χ0v) is 31.4. The fraction of sp³-hybridized carbons (Fsp3) is 0. The van der Waals surface area contributed by atoms with Gasteiger partial charge in [0.1, 0.15) is 0 Å². The van der Waals surface area contributed by atoms with Crippen LogP contribution in [0.3, 0.4) is 0 Å². The number of anilines is 6. The molecule has 270 valence electrons. The molecule has 0 saturated carbocycles. The van der Waals surface area contributed by atoms with Gasteiger partial charge in [0, 0.05) is 77.2 Å². The fourth-order valence-corrected chi connectivity index (χ4v) is 9.91. The van der Waals surface area contributed by atoms with Crippen molar-refractivity contribution in [3.63, 3.8) is 0 Å². The Hall–Kier alpha value is -7.82. The monoisotopic (exact) mass is 738 g/mol. The van der Waals surface area contributed by atoms with Crippen molar-refractivity contribution in [1.29, 1.82) is 0 Å². The summed E-state index contributed by atoms with van der Waals surface area (Å²) in [6.45, 7) is 0. The van der Waals surface area contributed by atoms with E-state index in [1.165, 1.54) is 76.2 Å². The largest absolute Gasteiger partial charge is 0.310 e. The first-order valence-electron chi connectivity index (χ1n) is 19.9. The molecule has 13 aromatic rings. The second-order valence-corrected chi connectivity index (χ2v) is 15.4. The molecule has 9 aromatic carbocycles. The number of hydrogen-bond donors (Lipinski definition) is 0.